The summed E-state index contributed by atoms with van der Waals surface area (Å²) in [5.41, 5.74) is 2.95. The minimum Gasteiger partial charge on any atom is -0.495 e. The van der Waals surface area contributed by atoms with E-state index in [1.807, 2.05) is 37.3 Å². The van der Waals surface area contributed by atoms with Crippen molar-refractivity contribution in [3.63, 3.8) is 0 Å². The van der Waals surface area contributed by atoms with Crippen LogP contribution in [0.15, 0.2) is 55.1 Å². The lowest BCUT2D eigenvalue weighted by atomic mass is 10.2. The molecular weight excluding hydrogens is 330 g/mol. The van der Waals surface area contributed by atoms with Crippen LogP contribution >= 0.6 is 0 Å². The number of nitrogens with zero attached hydrogens (tertiary/aromatic N) is 3. The van der Waals surface area contributed by atoms with Crippen LogP contribution in [0.25, 0.3) is 0 Å². The number of benzene rings is 1. The molecule has 0 fully saturated rings. The highest BCUT2D eigenvalue weighted by Crippen LogP contribution is 2.25. The van der Waals surface area contributed by atoms with E-state index in [-0.39, 0.29) is 11.6 Å². The van der Waals surface area contributed by atoms with Crippen LogP contribution < -0.4 is 15.4 Å². The molecule has 2 aromatic heterocycles. The number of anilines is 2. The number of ether oxygens (including phenoxy) is 1. The number of amides is 1. The van der Waals surface area contributed by atoms with E-state index in [1.54, 1.807) is 25.6 Å². The topological polar surface area (TPSA) is 89.0 Å². The van der Waals surface area contributed by atoms with Gasteiger partial charge in [-0.05, 0) is 42.3 Å². The highest BCUT2D eigenvalue weighted by Gasteiger charge is 2.12. The first-order valence-electron chi connectivity index (χ1n) is 8.06. The lowest BCUT2D eigenvalue weighted by molar-refractivity contribution is 0.102. The maximum Gasteiger partial charge on any atom is 0.274 e. The Morgan fingerprint density at radius 1 is 1.12 bits per heavy atom. The molecule has 0 unspecified atom stereocenters. The number of aryl methyl sites for hydroxylation is 1. The average molecular weight is 349 g/mol. The van der Waals surface area contributed by atoms with Crippen molar-refractivity contribution in [2.24, 2.45) is 0 Å². The average Bonchev–Trinajstić information content (AvgIpc) is 2.67. The normalized spacial score (nSPS) is 10.2. The number of aromatic nitrogens is 3. The van der Waals surface area contributed by atoms with Crippen LogP contribution in [0.1, 0.15) is 21.6 Å². The Morgan fingerprint density at radius 3 is 2.69 bits per heavy atom. The van der Waals surface area contributed by atoms with Crippen LogP contribution in [0.2, 0.25) is 0 Å². The lowest BCUT2D eigenvalue weighted by Crippen LogP contribution is -2.15. The number of hydrogen-bond acceptors (Lipinski definition) is 6. The van der Waals surface area contributed by atoms with Crippen molar-refractivity contribution in [3.05, 3.63) is 71.9 Å². The van der Waals surface area contributed by atoms with Gasteiger partial charge in [0.2, 0.25) is 0 Å². The fourth-order valence-corrected chi connectivity index (χ4v) is 2.38. The summed E-state index contributed by atoms with van der Waals surface area (Å²) >= 11 is 0. The third-order valence-corrected chi connectivity index (χ3v) is 3.73. The van der Waals surface area contributed by atoms with Crippen molar-refractivity contribution < 1.29 is 9.53 Å². The summed E-state index contributed by atoms with van der Waals surface area (Å²) in [5, 5.41) is 6.00. The second kappa shape index (κ2) is 8.06. The third kappa shape index (κ3) is 4.32. The van der Waals surface area contributed by atoms with Crippen LogP contribution in [-0.4, -0.2) is 28.0 Å². The number of carbonyl (C=O) groups is 1. The van der Waals surface area contributed by atoms with Crippen LogP contribution in [0.3, 0.4) is 0 Å². The molecule has 0 saturated heterocycles. The first-order valence-corrected chi connectivity index (χ1v) is 8.06. The van der Waals surface area contributed by atoms with E-state index in [2.05, 4.69) is 25.6 Å². The largest absolute Gasteiger partial charge is 0.495 e. The molecule has 1 amide bonds. The molecule has 0 spiro atoms. The van der Waals surface area contributed by atoms with Crippen molar-refractivity contribution in [1.29, 1.82) is 0 Å². The molecule has 7 heteroatoms. The van der Waals surface area contributed by atoms with Gasteiger partial charge in [-0.1, -0.05) is 6.07 Å². The molecule has 3 rings (SSSR count). The quantitative estimate of drug-likeness (QED) is 0.711. The highest BCUT2D eigenvalue weighted by molar-refractivity contribution is 6.04. The van der Waals surface area contributed by atoms with Gasteiger partial charge in [-0.3, -0.25) is 9.78 Å². The van der Waals surface area contributed by atoms with Gasteiger partial charge in [0, 0.05) is 25.0 Å². The second-order valence-electron chi connectivity index (χ2n) is 5.66. The third-order valence-electron chi connectivity index (χ3n) is 3.73. The maximum absolute atomic E-state index is 12.5. The Hall–Kier alpha value is -3.48. The summed E-state index contributed by atoms with van der Waals surface area (Å²) in [5.74, 6) is 0.829. The van der Waals surface area contributed by atoms with Gasteiger partial charge in [0.05, 0.1) is 12.8 Å². The number of pyridine rings is 1. The highest BCUT2D eigenvalue weighted by atomic mass is 16.5. The second-order valence-corrected chi connectivity index (χ2v) is 5.66. The predicted octanol–water partition coefficient (Wildman–Crippen LogP) is 3.05. The van der Waals surface area contributed by atoms with E-state index in [4.69, 9.17) is 4.74 Å². The SMILES string of the molecule is COc1ccc(C)cc1NC(=O)c1cc(NCc2ccncc2)ncn1. The summed E-state index contributed by atoms with van der Waals surface area (Å²) in [7, 11) is 1.56. The van der Waals surface area contributed by atoms with E-state index in [0.29, 0.717) is 23.8 Å². The fraction of sp³-hybridized carbons (Fsp3) is 0.158. The van der Waals surface area contributed by atoms with Gasteiger partial charge in [0.25, 0.3) is 5.91 Å². The van der Waals surface area contributed by atoms with E-state index >= 15 is 0 Å². The molecule has 3 aromatic rings. The molecule has 132 valence electrons. The molecule has 0 aliphatic heterocycles. The smallest absolute Gasteiger partial charge is 0.274 e. The molecule has 2 N–H and O–H groups in total. The van der Waals surface area contributed by atoms with Crippen LogP contribution in [0.4, 0.5) is 11.5 Å². The molecule has 26 heavy (non-hydrogen) atoms. The molecule has 0 atom stereocenters. The van der Waals surface area contributed by atoms with E-state index < -0.39 is 0 Å². The van der Waals surface area contributed by atoms with Gasteiger partial charge in [-0.15, -0.1) is 0 Å². The van der Waals surface area contributed by atoms with E-state index in [9.17, 15) is 4.79 Å². The summed E-state index contributed by atoms with van der Waals surface area (Å²) < 4.78 is 5.28. The Kier molecular flexibility index (Phi) is 5.38. The van der Waals surface area contributed by atoms with Gasteiger partial charge in [-0.2, -0.15) is 0 Å². The molecule has 0 aliphatic carbocycles. The van der Waals surface area contributed by atoms with Gasteiger partial charge in [0.1, 0.15) is 23.6 Å². The number of hydrogen-bond donors (Lipinski definition) is 2. The number of rotatable bonds is 6. The summed E-state index contributed by atoms with van der Waals surface area (Å²) in [6.07, 6.45) is 4.81. The van der Waals surface area contributed by atoms with E-state index in [1.165, 1.54) is 6.33 Å². The van der Waals surface area contributed by atoms with Gasteiger partial charge in [0.15, 0.2) is 0 Å². The molecule has 0 saturated carbocycles. The zero-order chi connectivity index (χ0) is 18.4. The lowest BCUT2D eigenvalue weighted by Gasteiger charge is -2.11. The number of carbonyl (C=O) groups excluding carboxylic acids is 1. The first-order chi connectivity index (χ1) is 12.7. The van der Waals surface area contributed by atoms with Crippen molar-refractivity contribution >= 4 is 17.4 Å². The van der Waals surface area contributed by atoms with Crippen LogP contribution in [0.5, 0.6) is 5.75 Å². The van der Waals surface area contributed by atoms with E-state index in [0.717, 1.165) is 11.1 Å². The Bertz CT molecular complexity index is 899. The Labute approximate surface area is 151 Å². The summed E-state index contributed by atoms with van der Waals surface area (Å²) in [4.78, 5) is 24.7. The fourth-order valence-electron chi connectivity index (χ4n) is 2.38. The molecule has 0 aliphatic rings. The maximum atomic E-state index is 12.5. The van der Waals surface area contributed by atoms with Crippen molar-refractivity contribution in [1.82, 2.24) is 15.0 Å². The molecular formula is C19H19N5O2. The monoisotopic (exact) mass is 349 g/mol. The molecule has 7 nitrogen and oxygen atoms in total. The van der Waals surface area contributed by atoms with Gasteiger partial charge < -0.3 is 15.4 Å². The minimum atomic E-state index is -0.330. The first kappa shape index (κ1) is 17.3. The number of nitrogens with one attached hydrogen (secondary N) is 2. The van der Waals surface area contributed by atoms with Gasteiger partial charge >= 0.3 is 0 Å². The van der Waals surface area contributed by atoms with Crippen molar-refractivity contribution in [3.8, 4) is 5.75 Å². The summed E-state index contributed by atoms with van der Waals surface area (Å²) in [6, 6.07) is 11.0. The van der Waals surface area contributed by atoms with Crippen LogP contribution in [-0.2, 0) is 6.54 Å². The molecule has 0 radical (unpaired) electrons. The molecule has 2 heterocycles. The number of methoxy groups -OCH3 is 1. The Balaban J connectivity index is 1.71. The van der Waals surface area contributed by atoms with Crippen LogP contribution in [0, 0.1) is 6.92 Å². The van der Waals surface area contributed by atoms with Gasteiger partial charge in [-0.25, -0.2) is 9.97 Å². The predicted molar refractivity (Wildman–Crippen MR) is 99.3 cm³/mol. The van der Waals surface area contributed by atoms with Crippen molar-refractivity contribution in [2.45, 2.75) is 13.5 Å². The van der Waals surface area contributed by atoms with Crippen molar-refractivity contribution in [2.75, 3.05) is 17.7 Å². The zero-order valence-electron chi connectivity index (χ0n) is 14.6. The zero-order valence-corrected chi connectivity index (χ0v) is 14.6. The minimum absolute atomic E-state index is 0.265. The molecule has 1 aromatic carbocycles. The Morgan fingerprint density at radius 2 is 1.92 bits per heavy atom. The summed E-state index contributed by atoms with van der Waals surface area (Å²) in [6.45, 7) is 2.52. The standard InChI is InChI=1S/C19H19N5O2/c1-13-3-4-17(26-2)15(9-13)24-19(25)16-10-18(23-12-22-16)21-11-14-5-7-20-8-6-14/h3-10,12H,11H2,1-2H3,(H,24,25)(H,21,22,23). The molecule has 0 bridgehead atoms.